The van der Waals surface area contributed by atoms with E-state index in [1.165, 1.54) is 24.8 Å². The molecule has 2 aliphatic rings. The van der Waals surface area contributed by atoms with Gasteiger partial charge in [-0.1, -0.05) is 59.8 Å². The molecule has 0 amide bonds. The first-order valence-corrected chi connectivity index (χ1v) is 8.11. The molecule has 0 unspecified atom stereocenters. The van der Waals surface area contributed by atoms with E-state index in [-0.39, 0.29) is 0 Å². The first-order chi connectivity index (χ1) is 9.27. The Morgan fingerprint density at radius 1 is 0.947 bits per heavy atom. The zero-order valence-corrected chi connectivity index (χ0v) is 13.6. The van der Waals surface area contributed by atoms with Gasteiger partial charge in [-0.15, -0.1) is 0 Å². The number of hydrogen-bond donors (Lipinski definition) is 0. The van der Waals surface area contributed by atoms with Gasteiger partial charge >= 0.3 is 0 Å². The van der Waals surface area contributed by atoms with Gasteiger partial charge in [0.2, 0.25) is 0 Å². The highest BCUT2D eigenvalue weighted by Gasteiger charge is 2.22. The van der Waals surface area contributed by atoms with Gasteiger partial charge < -0.3 is 0 Å². The standard InChI is InChI=1S/C15H18.2C2H6/c1-10(2)15-13-7-3-5-11(13)9-12-6-4-8-14(12)15;2*1-2/h3,5,9-10H,4,6-8H2,1-2H3;2*1-2H3. The second-order valence-corrected chi connectivity index (χ2v) is 5.11. The van der Waals surface area contributed by atoms with Crippen LogP contribution in [0, 0.1) is 0 Å². The smallest absolute Gasteiger partial charge is 0.00852 e. The fraction of sp³-hybridized carbons (Fsp3) is 0.579. The maximum absolute atomic E-state index is 2.44. The second-order valence-electron chi connectivity index (χ2n) is 5.11. The van der Waals surface area contributed by atoms with Crippen molar-refractivity contribution in [3.63, 3.8) is 0 Å². The third-order valence-electron chi connectivity index (χ3n) is 3.79. The molecule has 3 rings (SSSR count). The van der Waals surface area contributed by atoms with Gasteiger partial charge in [-0.2, -0.15) is 0 Å². The molecule has 0 bridgehead atoms. The monoisotopic (exact) mass is 258 g/mol. The molecule has 0 fully saturated rings. The Kier molecular flexibility index (Phi) is 6.34. The Labute approximate surface area is 119 Å². The third kappa shape index (κ3) is 3.11. The molecule has 2 aliphatic carbocycles. The van der Waals surface area contributed by atoms with E-state index in [1.54, 1.807) is 22.3 Å². The highest BCUT2D eigenvalue weighted by atomic mass is 14.3. The number of benzene rings is 1. The molecular formula is C19H30. The second kappa shape index (κ2) is 7.53. The van der Waals surface area contributed by atoms with Crippen LogP contribution in [0.4, 0.5) is 0 Å². The third-order valence-corrected chi connectivity index (χ3v) is 3.79. The minimum absolute atomic E-state index is 0.687. The molecule has 19 heavy (non-hydrogen) atoms. The number of rotatable bonds is 1. The molecule has 0 atom stereocenters. The van der Waals surface area contributed by atoms with Crippen LogP contribution in [-0.2, 0) is 19.3 Å². The van der Waals surface area contributed by atoms with Crippen LogP contribution >= 0.6 is 0 Å². The van der Waals surface area contributed by atoms with Crippen molar-refractivity contribution in [3.05, 3.63) is 40.0 Å². The molecule has 0 N–H and O–H groups in total. The molecule has 0 spiro atoms. The summed E-state index contributed by atoms with van der Waals surface area (Å²) in [5.74, 6) is 0.687. The fourth-order valence-electron chi connectivity index (χ4n) is 3.22. The first-order valence-electron chi connectivity index (χ1n) is 8.11. The van der Waals surface area contributed by atoms with Gasteiger partial charge in [0.1, 0.15) is 0 Å². The van der Waals surface area contributed by atoms with E-state index in [0.717, 1.165) is 6.42 Å². The van der Waals surface area contributed by atoms with E-state index in [9.17, 15) is 0 Å². The maximum atomic E-state index is 2.44. The van der Waals surface area contributed by atoms with Crippen molar-refractivity contribution in [1.82, 2.24) is 0 Å². The normalized spacial score (nSPS) is 14.3. The van der Waals surface area contributed by atoms with Crippen molar-refractivity contribution in [2.75, 3.05) is 0 Å². The topological polar surface area (TPSA) is 0 Å². The molecule has 1 aromatic carbocycles. The van der Waals surface area contributed by atoms with E-state index >= 15 is 0 Å². The van der Waals surface area contributed by atoms with Crippen LogP contribution in [0.15, 0.2) is 12.1 Å². The van der Waals surface area contributed by atoms with Crippen molar-refractivity contribution in [2.24, 2.45) is 0 Å². The van der Waals surface area contributed by atoms with Crippen LogP contribution < -0.4 is 0 Å². The van der Waals surface area contributed by atoms with Gasteiger partial charge in [-0.05, 0) is 59.4 Å². The lowest BCUT2D eigenvalue weighted by atomic mass is 9.87. The molecule has 0 aromatic heterocycles. The summed E-state index contributed by atoms with van der Waals surface area (Å²) >= 11 is 0. The average molecular weight is 258 g/mol. The Hall–Kier alpha value is -1.04. The summed E-state index contributed by atoms with van der Waals surface area (Å²) in [4.78, 5) is 0. The molecule has 0 heteroatoms. The van der Waals surface area contributed by atoms with Crippen LogP contribution in [0.5, 0.6) is 0 Å². The van der Waals surface area contributed by atoms with Crippen molar-refractivity contribution < 1.29 is 0 Å². The Morgan fingerprint density at radius 2 is 1.63 bits per heavy atom. The van der Waals surface area contributed by atoms with Gasteiger partial charge in [0, 0.05) is 0 Å². The highest BCUT2D eigenvalue weighted by Crippen LogP contribution is 2.37. The van der Waals surface area contributed by atoms with Crippen LogP contribution in [0.25, 0.3) is 6.08 Å². The largest absolute Gasteiger partial charge is 0.0795 e. The van der Waals surface area contributed by atoms with Crippen molar-refractivity contribution in [2.45, 2.75) is 73.1 Å². The summed E-state index contributed by atoms with van der Waals surface area (Å²) < 4.78 is 0. The lowest BCUT2D eigenvalue weighted by Crippen LogP contribution is -2.02. The van der Waals surface area contributed by atoms with Crippen LogP contribution in [-0.4, -0.2) is 0 Å². The quantitative estimate of drug-likeness (QED) is 0.586. The van der Waals surface area contributed by atoms with Crippen molar-refractivity contribution >= 4 is 6.08 Å². The predicted octanol–water partition coefficient (Wildman–Crippen LogP) is 5.92. The SMILES string of the molecule is CC.CC.CC(C)c1c2c(cc3c1CCC3)C=CC2. The van der Waals surface area contributed by atoms with Crippen LogP contribution in [0.1, 0.15) is 81.7 Å². The zero-order valence-electron chi connectivity index (χ0n) is 13.6. The minimum atomic E-state index is 0.687. The fourth-order valence-corrected chi connectivity index (χ4v) is 3.22. The molecule has 0 radical (unpaired) electrons. The lowest BCUT2D eigenvalue weighted by Gasteiger charge is -2.17. The van der Waals surface area contributed by atoms with Gasteiger partial charge in [0.25, 0.3) is 0 Å². The summed E-state index contributed by atoms with van der Waals surface area (Å²) in [5.41, 5.74) is 8.10. The average Bonchev–Trinajstić information content (AvgIpc) is 3.07. The van der Waals surface area contributed by atoms with Crippen LogP contribution in [0.3, 0.4) is 0 Å². The molecule has 0 aliphatic heterocycles. The maximum Gasteiger partial charge on any atom is -0.00852 e. The summed E-state index contributed by atoms with van der Waals surface area (Å²) in [7, 11) is 0. The molecule has 106 valence electrons. The first kappa shape index (κ1) is 16.0. The van der Waals surface area contributed by atoms with Crippen LogP contribution in [0.2, 0.25) is 0 Å². The van der Waals surface area contributed by atoms with E-state index in [0.29, 0.717) is 5.92 Å². The van der Waals surface area contributed by atoms with Gasteiger partial charge in [-0.25, -0.2) is 0 Å². The highest BCUT2D eigenvalue weighted by molar-refractivity contribution is 5.66. The number of hydrogen-bond acceptors (Lipinski definition) is 0. The van der Waals surface area contributed by atoms with E-state index in [2.05, 4.69) is 32.1 Å². The van der Waals surface area contributed by atoms with Gasteiger partial charge in [-0.3, -0.25) is 0 Å². The Bertz CT molecular complexity index is 432. The molecule has 0 heterocycles. The molecule has 0 nitrogen and oxygen atoms in total. The summed E-state index contributed by atoms with van der Waals surface area (Å²) in [5, 5.41) is 0. The van der Waals surface area contributed by atoms with Crippen molar-refractivity contribution in [1.29, 1.82) is 0 Å². The molecule has 0 saturated carbocycles. The molecule has 1 aromatic rings. The van der Waals surface area contributed by atoms with Gasteiger partial charge in [0.05, 0.1) is 0 Å². The van der Waals surface area contributed by atoms with Gasteiger partial charge in [0.15, 0.2) is 0 Å². The Balaban J connectivity index is 0.000000415. The summed E-state index contributed by atoms with van der Waals surface area (Å²) in [6.07, 6.45) is 9.76. The number of fused-ring (bicyclic) bond motifs is 2. The number of aryl methyl sites for hydroxylation is 1. The van der Waals surface area contributed by atoms with E-state index in [4.69, 9.17) is 0 Å². The van der Waals surface area contributed by atoms with E-state index in [1.807, 2.05) is 27.7 Å². The predicted molar refractivity (Wildman–Crippen MR) is 88.0 cm³/mol. The lowest BCUT2D eigenvalue weighted by molar-refractivity contribution is 0.825. The minimum Gasteiger partial charge on any atom is -0.0795 e. The summed E-state index contributed by atoms with van der Waals surface area (Å²) in [6, 6.07) is 2.44. The molecular weight excluding hydrogens is 228 g/mol. The summed E-state index contributed by atoms with van der Waals surface area (Å²) in [6.45, 7) is 12.7. The Morgan fingerprint density at radius 3 is 2.26 bits per heavy atom. The van der Waals surface area contributed by atoms with Crippen molar-refractivity contribution in [3.8, 4) is 0 Å². The zero-order chi connectivity index (χ0) is 14.4. The molecule has 0 saturated heterocycles. The van der Waals surface area contributed by atoms with E-state index < -0.39 is 0 Å². The number of allylic oxidation sites excluding steroid dienone is 1.